The summed E-state index contributed by atoms with van der Waals surface area (Å²) in [5, 5.41) is 0. The van der Waals surface area contributed by atoms with Gasteiger partial charge in [0.1, 0.15) is 11.6 Å². The quantitative estimate of drug-likeness (QED) is 0.223. The normalized spacial score (nSPS) is 14.9. The van der Waals surface area contributed by atoms with Crippen LogP contribution < -0.4 is 0 Å². The molecule has 0 unspecified atom stereocenters. The monoisotopic (exact) mass is 554 g/mol. The van der Waals surface area contributed by atoms with Crippen LogP contribution in [-0.2, 0) is 16.2 Å². The number of aromatic amines is 1. The Kier molecular flexibility index (Phi) is 6.78. The molecule has 1 saturated heterocycles. The Morgan fingerprint density at radius 3 is 2.33 bits per heavy atom. The van der Waals surface area contributed by atoms with Crippen LogP contribution in [0.5, 0.6) is 0 Å². The van der Waals surface area contributed by atoms with Crippen molar-refractivity contribution in [3.63, 3.8) is 0 Å². The van der Waals surface area contributed by atoms with Gasteiger partial charge in [-0.15, -0.1) is 0 Å². The molecule has 1 N–H and O–H groups in total. The van der Waals surface area contributed by atoms with Crippen molar-refractivity contribution >= 4 is 32.3 Å². The summed E-state index contributed by atoms with van der Waals surface area (Å²) in [6.45, 7) is 7.76. The number of imidazole rings is 1. The van der Waals surface area contributed by atoms with Gasteiger partial charge in [0.25, 0.3) is 0 Å². The number of nitrogens with one attached hydrogen (secondary N) is 1. The van der Waals surface area contributed by atoms with E-state index >= 15 is 0 Å². The fraction of sp³-hybridized carbons (Fsp3) is 0.214. The summed E-state index contributed by atoms with van der Waals surface area (Å²) in [6.07, 6.45) is -2.91. The van der Waals surface area contributed by atoms with E-state index < -0.39 is 27.6 Å². The van der Waals surface area contributed by atoms with Gasteiger partial charge in [-0.3, -0.25) is 0 Å². The van der Waals surface area contributed by atoms with Gasteiger partial charge >= 0.3 is 6.18 Å². The molecule has 4 aromatic rings. The van der Waals surface area contributed by atoms with Gasteiger partial charge in [-0.05, 0) is 41.7 Å². The number of alkyl halides is 3. The lowest BCUT2D eigenvalue weighted by Gasteiger charge is -2.28. The highest BCUT2D eigenvalue weighted by molar-refractivity contribution is 7.88. The van der Waals surface area contributed by atoms with Gasteiger partial charge in [-0.1, -0.05) is 48.0 Å². The number of sulfonamides is 1. The SMILES string of the molecule is [C-]#[N+]c1cccc(-c2ccc(C(=C3CCN(S(C)(=O)=O)CC3)c3nc4cc(F)c(C(F)(F)F)cc4[nH]3)cc2)c1. The van der Waals surface area contributed by atoms with Crippen LogP contribution in [0.2, 0.25) is 0 Å². The summed E-state index contributed by atoms with van der Waals surface area (Å²) in [4.78, 5) is 10.8. The van der Waals surface area contributed by atoms with Crippen molar-refractivity contribution in [3.8, 4) is 11.1 Å². The van der Waals surface area contributed by atoms with E-state index in [0.717, 1.165) is 34.6 Å². The van der Waals surface area contributed by atoms with Crippen LogP contribution in [0.1, 0.15) is 29.8 Å². The number of rotatable bonds is 4. The molecule has 0 radical (unpaired) electrons. The van der Waals surface area contributed by atoms with Crippen LogP contribution in [0, 0.1) is 12.4 Å². The van der Waals surface area contributed by atoms with E-state index in [2.05, 4.69) is 14.8 Å². The molecule has 0 saturated carbocycles. The Hall–Kier alpha value is -4.01. The highest BCUT2D eigenvalue weighted by Crippen LogP contribution is 2.37. The zero-order chi connectivity index (χ0) is 27.9. The first kappa shape index (κ1) is 26.6. The summed E-state index contributed by atoms with van der Waals surface area (Å²) >= 11 is 0. The average molecular weight is 555 g/mol. The molecule has 1 aliphatic rings. The van der Waals surface area contributed by atoms with Crippen molar-refractivity contribution in [2.45, 2.75) is 19.0 Å². The third kappa shape index (κ3) is 5.44. The van der Waals surface area contributed by atoms with E-state index in [1.165, 1.54) is 4.31 Å². The molecule has 39 heavy (non-hydrogen) atoms. The van der Waals surface area contributed by atoms with Crippen LogP contribution in [-0.4, -0.2) is 42.0 Å². The Balaban J connectivity index is 1.61. The van der Waals surface area contributed by atoms with E-state index in [4.69, 9.17) is 6.57 Å². The molecular formula is C28H22F4N4O2S. The van der Waals surface area contributed by atoms with Crippen molar-refractivity contribution in [3.05, 3.63) is 100 Å². The maximum absolute atomic E-state index is 14.3. The van der Waals surface area contributed by atoms with E-state index in [9.17, 15) is 26.0 Å². The highest BCUT2D eigenvalue weighted by Gasteiger charge is 2.35. The smallest absolute Gasteiger partial charge is 0.338 e. The number of benzene rings is 3. The van der Waals surface area contributed by atoms with E-state index in [1.807, 2.05) is 30.3 Å². The summed E-state index contributed by atoms with van der Waals surface area (Å²) < 4.78 is 79.6. The molecule has 11 heteroatoms. The minimum absolute atomic E-state index is 0.0398. The van der Waals surface area contributed by atoms with Gasteiger partial charge in [0.2, 0.25) is 10.0 Å². The molecule has 0 aliphatic carbocycles. The Labute approximate surface area is 222 Å². The van der Waals surface area contributed by atoms with E-state index in [1.54, 1.807) is 18.2 Å². The van der Waals surface area contributed by atoms with Gasteiger partial charge < -0.3 is 4.98 Å². The molecule has 200 valence electrons. The lowest BCUT2D eigenvalue weighted by Crippen LogP contribution is -2.35. The topological polar surface area (TPSA) is 70.4 Å². The predicted octanol–water partition coefficient (Wildman–Crippen LogP) is 6.80. The maximum atomic E-state index is 14.3. The van der Waals surface area contributed by atoms with Gasteiger partial charge in [0.05, 0.1) is 29.4 Å². The van der Waals surface area contributed by atoms with Gasteiger partial charge in [-0.2, -0.15) is 13.2 Å². The Morgan fingerprint density at radius 1 is 1.03 bits per heavy atom. The standard InChI is InChI=1S/C28H22F4N4O2S/c1-33-21-5-3-4-20(14-21)17-6-8-18(9-7-17)26(19-10-12-36(13-11-19)39(2,37)38)27-34-24-15-22(28(30,31)32)23(29)16-25(24)35-27/h3-9,14-16H,10-13H2,2H3,(H,34,35). The van der Waals surface area contributed by atoms with Gasteiger partial charge in [0, 0.05) is 24.7 Å². The lowest BCUT2D eigenvalue weighted by molar-refractivity contribution is -0.139. The molecule has 2 heterocycles. The van der Waals surface area contributed by atoms with Crippen LogP contribution in [0.25, 0.3) is 32.6 Å². The Morgan fingerprint density at radius 2 is 1.72 bits per heavy atom. The second kappa shape index (κ2) is 9.94. The molecule has 0 amide bonds. The fourth-order valence-corrected chi connectivity index (χ4v) is 5.64. The van der Waals surface area contributed by atoms with Crippen molar-refractivity contribution in [1.29, 1.82) is 0 Å². The number of aromatic nitrogens is 2. The number of nitrogens with zero attached hydrogens (tertiary/aromatic N) is 3. The van der Waals surface area contributed by atoms with Crippen LogP contribution in [0.4, 0.5) is 23.2 Å². The van der Waals surface area contributed by atoms with Gasteiger partial charge in [0.15, 0.2) is 5.69 Å². The number of halogens is 4. The number of fused-ring (bicyclic) bond motifs is 1. The van der Waals surface area contributed by atoms with Crippen molar-refractivity contribution in [2.24, 2.45) is 0 Å². The Bertz CT molecular complexity index is 1740. The first-order valence-electron chi connectivity index (χ1n) is 12.0. The van der Waals surface area contributed by atoms with E-state index in [-0.39, 0.29) is 29.9 Å². The van der Waals surface area contributed by atoms with Crippen molar-refractivity contribution < 1.29 is 26.0 Å². The third-order valence-electron chi connectivity index (χ3n) is 6.74. The van der Waals surface area contributed by atoms with Crippen molar-refractivity contribution in [2.75, 3.05) is 19.3 Å². The van der Waals surface area contributed by atoms with Crippen LogP contribution in [0.3, 0.4) is 0 Å². The second-order valence-corrected chi connectivity index (χ2v) is 11.3. The first-order chi connectivity index (χ1) is 18.4. The molecule has 5 rings (SSSR count). The molecular weight excluding hydrogens is 532 g/mol. The third-order valence-corrected chi connectivity index (χ3v) is 8.05. The molecule has 0 atom stereocenters. The maximum Gasteiger partial charge on any atom is 0.419 e. The minimum atomic E-state index is -4.86. The molecule has 6 nitrogen and oxygen atoms in total. The lowest BCUT2D eigenvalue weighted by atomic mass is 9.92. The summed E-state index contributed by atoms with van der Waals surface area (Å²) in [6, 6.07) is 16.1. The molecule has 1 aliphatic heterocycles. The average Bonchev–Trinajstić information content (AvgIpc) is 3.30. The first-order valence-corrected chi connectivity index (χ1v) is 13.8. The molecule has 1 fully saturated rings. The number of hydrogen-bond acceptors (Lipinski definition) is 3. The zero-order valence-corrected chi connectivity index (χ0v) is 21.5. The summed E-state index contributed by atoms with van der Waals surface area (Å²) in [5.41, 5.74) is 3.16. The van der Waals surface area contributed by atoms with Crippen molar-refractivity contribution in [1.82, 2.24) is 14.3 Å². The second-order valence-electron chi connectivity index (χ2n) is 9.31. The molecule has 1 aromatic heterocycles. The summed E-state index contributed by atoms with van der Waals surface area (Å²) in [5.74, 6) is -1.14. The van der Waals surface area contributed by atoms with E-state index in [0.29, 0.717) is 30.2 Å². The van der Waals surface area contributed by atoms with Gasteiger partial charge in [-0.25, -0.2) is 26.9 Å². The molecule has 3 aromatic carbocycles. The predicted molar refractivity (Wildman–Crippen MR) is 141 cm³/mol. The molecule has 0 spiro atoms. The zero-order valence-electron chi connectivity index (χ0n) is 20.7. The minimum Gasteiger partial charge on any atom is -0.338 e. The fourth-order valence-electron chi connectivity index (χ4n) is 4.80. The highest BCUT2D eigenvalue weighted by atomic mass is 32.2. The molecule has 0 bridgehead atoms. The number of H-pyrrole nitrogens is 1. The number of hydrogen-bond donors (Lipinski definition) is 1. The summed E-state index contributed by atoms with van der Waals surface area (Å²) in [7, 11) is -3.37. The van der Waals surface area contributed by atoms with Crippen LogP contribution in [0.15, 0.2) is 66.2 Å². The number of piperidine rings is 1. The largest absolute Gasteiger partial charge is 0.419 e. The van der Waals surface area contributed by atoms with Crippen LogP contribution >= 0.6 is 0 Å².